The molecule has 9 heteroatoms. The zero-order valence-corrected chi connectivity index (χ0v) is 20.3. The molecule has 0 amide bonds. The summed E-state index contributed by atoms with van der Waals surface area (Å²) in [6.45, 7) is 3.99. The summed E-state index contributed by atoms with van der Waals surface area (Å²) in [5.41, 5.74) is 2.21. The molecule has 1 aromatic carbocycles. The van der Waals surface area contributed by atoms with Crippen LogP contribution in [0.1, 0.15) is 36.6 Å². The summed E-state index contributed by atoms with van der Waals surface area (Å²) in [5.74, 6) is 0.785. The molecule has 0 saturated heterocycles. The minimum atomic E-state index is -0.473. The molecule has 0 radical (unpaired) electrons. The molecule has 0 atom stereocenters. The number of oxazole rings is 1. The fraction of sp³-hybridized carbons (Fsp3) is 0.360. The number of carbonyl (C=O) groups excluding carboxylic acids is 1. The van der Waals surface area contributed by atoms with E-state index in [1.807, 2.05) is 38.1 Å². The predicted octanol–water partition coefficient (Wildman–Crippen LogP) is 4.56. The van der Waals surface area contributed by atoms with Gasteiger partial charge in [0.05, 0.1) is 40.6 Å². The van der Waals surface area contributed by atoms with Gasteiger partial charge < -0.3 is 13.9 Å². The number of carbonyl (C=O) groups is 1. The first-order valence-corrected chi connectivity index (χ1v) is 12.1. The van der Waals surface area contributed by atoms with Gasteiger partial charge in [0.1, 0.15) is 18.6 Å². The van der Waals surface area contributed by atoms with Crippen LogP contribution in [0, 0.1) is 6.92 Å². The summed E-state index contributed by atoms with van der Waals surface area (Å²) in [4.78, 5) is 30.8. The monoisotopic (exact) mass is 481 g/mol. The lowest BCUT2D eigenvalue weighted by atomic mass is 10.1. The van der Waals surface area contributed by atoms with Gasteiger partial charge in [-0.25, -0.2) is 9.67 Å². The lowest BCUT2D eigenvalue weighted by Gasteiger charge is -2.11. The molecule has 0 N–H and O–H groups in total. The third-order valence-corrected chi connectivity index (χ3v) is 6.92. The van der Waals surface area contributed by atoms with Crippen molar-refractivity contribution in [2.45, 2.75) is 46.1 Å². The number of unbranched alkanes of at least 4 members (excludes halogenated alkanes) is 1. The first kappa shape index (κ1) is 23.7. The number of aryl methyl sites for hydroxylation is 3. The van der Waals surface area contributed by atoms with Gasteiger partial charge in [-0.05, 0) is 43.4 Å². The third-order valence-electron chi connectivity index (χ3n) is 5.59. The van der Waals surface area contributed by atoms with Crippen molar-refractivity contribution >= 4 is 27.4 Å². The Balaban J connectivity index is 1.75. The Kier molecular flexibility index (Phi) is 7.42. The van der Waals surface area contributed by atoms with Crippen LogP contribution in [-0.2, 0) is 28.9 Å². The van der Waals surface area contributed by atoms with Gasteiger partial charge in [-0.2, -0.15) is 5.10 Å². The topological polar surface area (TPSA) is 96.5 Å². The van der Waals surface area contributed by atoms with E-state index in [-0.39, 0.29) is 12.1 Å². The molecule has 0 unspecified atom stereocenters. The molecule has 178 valence electrons. The number of nitrogens with zero attached hydrogens (tertiary/aromatic N) is 3. The van der Waals surface area contributed by atoms with Crippen LogP contribution in [0.4, 0.5) is 0 Å². The molecule has 0 aliphatic heterocycles. The second kappa shape index (κ2) is 10.6. The molecule has 3 heterocycles. The van der Waals surface area contributed by atoms with Crippen LogP contribution in [0.5, 0.6) is 5.75 Å². The fourth-order valence-electron chi connectivity index (χ4n) is 3.81. The average molecular weight is 482 g/mol. The normalized spacial score (nSPS) is 11.1. The zero-order valence-electron chi connectivity index (χ0n) is 19.5. The number of rotatable bonds is 10. The molecular formula is C25H27N3O5S. The minimum Gasteiger partial charge on any atom is -0.496 e. The molecule has 0 aliphatic carbocycles. The van der Waals surface area contributed by atoms with Gasteiger partial charge in [-0.1, -0.05) is 31.5 Å². The Morgan fingerprint density at radius 1 is 1.24 bits per heavy atom. The maximum absolute atomic E-state index is 13.4. The predicted molar refractivity (Wildman–Crippen MR) is 130 cm³/mol. The van der Waals surface area contributed by atoms with Crippen LogP contribution in [0.2, 0.25) is 0 Å². The van der Waals surface area contributed by atoms with Crippen LogP contribution >= 0.6 is 11.3 Å². The second-order valence-corrected chi connectivity index (χ2v) is 8.91. The van der Waals surface area contributed by atoms with Crippen LogP contribution in [0.15, 0.2) is 45.9 Å². The van der Waals surface area contributed by atoms with Gasteiger partial charge in [-0.3, -0.25) is 9.59 Å². The molecule has 4 rings (SSSR count). The SMILES string of the molecule is CCCCOC(=O)Cn1nc(CCc2ccccc2OC)c2sc(-c3ncco3)c(C)c2c1=O. The highest BCUT2D eigenvalue weighted by molar-refractivity contribution is 7.22. The largest absolute Gasteiger partial charge is 0.496 e. The van der Waals surface area contributed by atoms with Crippen molar-refractivity contribution in [2.75, 3.05) is 13.7 Å². The Morgan fingerprint density at radius 3 is 2.79 bits per heavy atom. The Morgan fingerprint density at radius 2 is 2.06 bits per heavy atom. The number of esters is 1. The van der Waals surface area contributed by atoms with Gasteiger partial charge in [0, 0.05) is 0 Å². The molecule has 34 heavy (non-hydrogen) atoms. The maximum Gasteiger partial charge on any atom is 0.327 e. The van der Waals surface area contributed by atoms with Crippen molar-refractivity contribution in [3.63, 3.8) is 0 Å². The van der Waals surface area contributed by atoms with E-state index in [9.17, 15) is 9.59 Å². The van der Waals surface area contributed by atoms with Crippen LogP contribution in [-0.4, -0.2) is 34.5 Å². The second-order valence-electron chi connectivity index (χ2n) is 7.89. The molecular weight excluding hydrogens is 454 g/mol. The summed E-state index contributed by atoms with van der Waals surface area (Å²) < 4.78 is 18.2. The highest BCUT2D eigenvalue weighted by atomic mass is 32.1. The molecule has 0 fully saturated rings. The van der Waals surface area contributed by atoms with E-state index in [2.05, 4.69) is 10.1 Å². The Labute approximate surface area is 201 Å². The first-order valence-electron chi connectivity index (χ1n) is 11.2. The van der Waals surface area contributed by atoms with Crippen LogP contribution in [0.25, 0.3) is 20.9 Å². The highest BCUT2D eigenvalue weighted by Gasteiger charge is 2.22. The van der Waals surface area contributed by atoms with Crippen LogP contribution in [0.3, 0.4) is 0 Å². The number of thiophene rings is 1. The molecule has 0 aliphatic rings. The van der Waals surface area contributed by atoms with Crippen molar-refractivity contribution in [1.29, 1.82) is 0 Å². The number of methoxy groups -OCH3 is 1. The van der Waals surface area contributed by atoms with E-state index in [1.165, 1.54) is 22.3 Å². The summed E-state index contributed by atoms with van der Waals surface area (Å²) in [6.07, 6.45) is 6.00. The van der Waals surface area contributed by atoms with Gasteiger partial charge >= 0.3 is 5.97 Å². The van der Waals surface area contributed by atoms with Crippen molar-refractivity contribution in [3.8, 4) is 16.5 Å². The quantitative estimate of drug-likeness (QED) is 0.242. The number of ether oxygens (including phenoxy) is 2. The van der Waals surface area contributed by atoms with Crippen LogP contribution < -0.4 is 10.3 Å². The standard InChI is InChI=1S/C25H27N3O5S/c1-4-5-13-32-20(29)15-28-25(30)21-16(2)22(24-26-12-14-33-24)34-23(21)18(27-28)11-10-17-8-6-7-9-19(17)31-3/h6-9,12,14H,4-5,10-11,13,15H2,1-3H3. The van der Waals surface area contributed by atoms with Gasteiger partial charge in [0.2, 0.25) is 5.89 Å². The highest BCUT2D eigenvalue weighted by Crippen LogP contribution is 2.37. The lowest BCUT2D eigenvalue weighted by molar-refractivity contribution is -0.144. The minimum absolute atomic E-state index is 0.232. The lowest BCUT2D eigenvalue weighted by Crippen LogP contribution is -2.29. The molecule has 0 spiro atoms. The summed E-state index contributed by atoms with van der Waals surface area (Å²) in [5, 5.41) is 5.13. The summed E-state index contributed by atoms with van der Waals surface area (Å²) >= 11 is 1.43. The van der Waals surface area contributed by atoms with Crippen molar-refractivity contribution in [1.82, 2.24) is 14.8 Å². The third kappa shape index (κ3) is 4.89. The van der Waals surface area contributed by atoms with E-state index in [4.69, 9.17) is 13.9 Å². The number of benzene rings is 1. The molecule has 4 aromatic rings. The molecule has 8 nitrogen and oxygen atoms in total. The number of aromatic nitrogens is 3. The smallest absolute Gasteiger partial charge is 0.327 e. The summed E-state index contributed by atoms with van der Waals surface area (Å²) in [6, 6.07) is 7.81. The van der Waals surface area contributed by atoms with E-state index in [0.717, 1.165) is 45.0 Å². The Hall–Kier alpha value is -3.46. The van der Waals surface area contributed by atoms with Crippen molar-refractivity contribution in [3.05, 3.63) is 63.9 Å². The molecule has 0 bridgehead atoms. The maximum atomic E-state index is 13.4. The first-order chi connectivity index (χ1) is 16.5. The molecule has 3 aromatic heterocycles. The Bertz CT molecular complexity index is 1340. The van der Waals surface area contributed by atoms with E-state index in [0.29, 0.717) is 30.7 Å². The summed E-state index contributed by atoms with van der Waals surface area (Å²) in [7, 11) is 1.64. The van der Waals surface area contributed by atoms with Gasteiger partial charge in [-0.15, -0.1) is 11.3 Å². The van der Waals surface area contributed by atoms with E-state index >= 15 is 0 Å². The average Bonchev–Trinajstić information content (AvgIpc) is 3.49. The molecule has 0 saturated carbocycles. The van der Waals surface area contributed by atoms with Gasteiger partial charge in [0.25, 0.3) is 5.56 Å². The number of hydrogen-bond acceptors (Lipinski definition) is 8. The van der Waals surface area contributed by atoms with E-state index in [1.54, 1.807) is 13.3 Å². The van der Waals surface area contributed by atoms with E-state index < -0.39 is 5.97 Å². The number of fused-ring (bicyclic) bond motifs is 1. The fourth-order valence-corrected chi connectivity index (χ4v) is 5.06. The zero-order chi connectivity index (χ0) is 24.1. The van der Waals surface area contributed by atoms with Crippen molar-refractivity contribution in [2.24, 2.45) is 0 Å². The number of para-hydroxylation sites is 1. The number of hydrogen-bond donors (Lipinski definition) is 0. The van der Waals surface area contributed by atoms with Gasteiger partial charge in [0.15, 0.2) is 0 Å². The van der Waals surface area contributed by atoms with Crippen molar-refractivity contribution < 1.29 is 18.7 Å².